The number of nitrogens with two attached hydrogens (primary N) is 1. The molecule has 300 valence electrons. The Kier molecular flexibility index (Phi) is 15.9. The average Bonchev–Trinajstić information content (AvgIpc) is 3.23. The number of hydrogen-bond donors (Lipinski definition) is 4. The van der Waals surface area contributed by atoms with Gasteiger partial charge in [0, 0.05) is 45.7 Å². The molecule has 4 aromatic carbocycles. The summed E-state index contributed by atoms with van der Waals surface area (Å²) in [5.41, 5.74) is 10.0. The molecule has 0 spiro atoms. The van der Waals surface area contributed by atoms with Crippen molar-refractivity contribution in [3.05, 3.63) is 186 Å². The first-order valence-corrected chi connectivity index (χ1v) is 19.7. The Morgan fingerprint density at radius 3 is 1.78 bits per heavy atom. The van der Waals surface area contributed by atoms with Gasteiger partial charge in [-0.2, -0.15) is 0 Å². The minimum atomic E-state index is -0.483. The van der Waals surface area contributed by atoms with Crippen LogP contribution in [0.4, 0.5) is 11.6 Å². The molecule has 9 nitrogen and oxygen atoms in total. The molecular formula is C44H34Cl6N6O3. The predicted octanol–water partition coefficient (Wildman–Crippen LogP) is 13.2. The second-order valence-electron chi connectivity index (χ2n) is 12.6. The van der Waals surface area contributed by atoms with E-state index in [1.54, 1.807) is 67.0 Å². The number of nitrogens with one attached hydrogen (secondary N) is 1. The van der Waals surface area contributed by atoms with Crippen LogP contribution in [-0.4, -0.2) is 36.4 Å². The van der Waals surface area contributed by atoms with Gasteiger partial charge in [0.2, 0.25) is 0 Å². The lowest BCUT2D eigenvalue weighted by molar-refractivity contribution is 0.112. The lowest BCUT2D eigenvalue weighted by Gasteiger charge is -2.23. The molecule has 0 bridgehead atoms. The van der Waals surface area contributed by atoms with Gasteiger partial charge in [-0.3, -0.25) is 14.8 Å². The molecule has 1 unspecified atom stereocenters. The van der Waals surface area contributed by atoms with E-state index in [0.29, 0.717) is 69.3 Å². The topological polar surface area (TPSA) is 147 Å². The van der Waals surface area contributed by atoms with Crippen molar-refractivity contribution in [2.75, 3.05) is 11.1 Å². The zero-order valence-electron chi connectivity index (χ0n) is 31.2. The number of aldehydes is 1. The largest absolute Gasteiger partial charge is 0.506 e. The molecule has 0 saturated carbocycles. The van der Waals surface area contributed by atoms with Crippen LogP contribution in [0.3, 0.4) is 0 Å². The van der Waals surface area contributed by atoms with Crippen molar-refractivity contribution in [1.29, 1.82) is 0 Å². The minimum Gasteiger partial charge on any atom is -0.506 e. The van der Waals surface area contributed by atoms with Crippen molar-refractivity contribution in [1.82, 2.24) is 19.9 Å². The molecular weight excluding hydrogens is 873 g/mol. The molecule has 0 radical (unpaired) electrons. The smallest absolute Gasteiger partial charge is 0.150 e. The highest BCUT2D eigenvalue weighted by molar-refractivity contribution is 6.42. The predicted molar refractivity (Wildman–Crippen MR) is 243 cm³/mol. The van der Waals surface area contributed by atoms with Crippen LogP contribution in [0.5, 0.6) is 11.5 Å². The number of pyridine rings is 4. The van der Waals surface area contributed by atoms with Crippen LogP contribution in [0.2, 0.25) is 30.1 Å². The third-order valence-corrected chi connectivity index (χ3v) is 10.4. The first-order chi connectivity index (χ1) is 28.2. The second kappa shape index (κ2) is 21.0. The summed E-state index contributed by atoms with van der Waals surface area (Å²) in [4.78, 5) is 27.0. The number of aryl methyl sites for hydroxylation is 2. The maximum Gasteiger partial charge on any atom is 0.150 e. The summed E-state index contributed by atoms with van der Waals surface area (Å²) < 4.78 is 0. The summed E-state index contributed by atoms with van der Waals surface area (Å²) in [7, 11) is 0. The number of benzene rings is 4. The van der Waals surface area contributed by atoms with Gasteiger partial charge in [0.05, 0.1) is 36.2 Å². The number of fused-ring (bicyclic) bond motifs is 2. The van der Waals surface area contributed by atoms with Gasteiger partial charge in [-0.05, 0) is 110 Å². The normalized spacial score (nSPS) is 10.9. The third-order valence-electron chi connectivity index (χ3n) is 8.30. The highest BCUT2D eigenvalue weighted by atomic mass is 35.5. The first-order valence-electron chi connectivity index (χ1n) is 17.5. The first kappa shape index (κ1) is 44.7. The highest BCUT2D eigenvalue weighted by Gasteiger charge is 2.23. The number of carbonyl (C=O) groups is 1. The van der Waals surface area contributed by atoms with Crippen LogP contribution in [-0.2, 0) is 0 Å². The van der Waals surface area contributed by atoms with Crippen LogP contribution in [0.15, 0.2) is 128 Å². The van der Waals surface area contributed by atoms with E-state index in [2.05, 4.69) is 25.3 Å². The van der Waals surface area contributed by atoms with Crippen molar-refractivity contribution in [3.8, 4) is 11.5 Å². The fourth-order valence-electron chi connectivity index (χ4n) is 5.50. The number of anilines is 2. The molecule has 4 heterocycles. The number of nitrogen functional groups attached to an aromatic ring is 1. The van der Waals surface area contributed by atoms with E-state index in [4.69, 9.17) is 75.3 Å². The number of halogens is 6. The summed E-state index contributed by atoms with van der Waals surface area (Å²) in [6.45, 7) is 3.82. The van der Waals surface area contributed by atoms with Gasteiger partial charge in [-0.1, -0.05) is 93.9 Å². The molecule has 0 saturated heterocycles. The van der Waals surface area contributed by atoms with E-state index in [9.17, 15) is 15.0 Å². The van der Waals surface area contributed by atoms with Crippen LogP contribution in [0.25, 0.3) is 21.8 Å². The maximum absolute atomic E-state index is 11.0. The molecule has 0 amide bonds. The molecule has 8 aromatic rings. The van der Waals surface area contributed by atoms with Crippen molar-refractivity contribution in [2.24, 2.45) is 0 Å². The molecule has 4 aromatic heterocycles. The van der Waals surface area contributed by atoms with Gasteiger partial charge in [0.15, 0.2) is 0 Å². The standard InChI is InChI=1S/C22H16Cl3N3O.C9H6ClNO.C7H4Cl2O.C6H8N2/c1-12-4-2-6-19(27-12)28-20(13-7-8-16(23)18(25)10-13)15-11-17(24)14-5-3-9-26-21(14)22(15)29;10-7-3-4-8(12)9-6(7)2-1-5-11-9;8-6-2-1-5(4-10)3-7(6)9;1-5-3-2-4-6(7)8-5/h2-11,20,29H,1H3,(H,27,28);1-5,12H;1-4H;2-4H,1H3,(H2,7,8). The summed E-state index contributed by atoms with van der Waals surface area (Å²) >= 11 is 35.9. The fourth-order valence-corrected chi connectivity index (χ4v) is 6.60. The molecule has 1 atom stereocenters. The fraction of sp³-hybridized carbons (Fsp3) is 0.0682. The number of phenolic OH excluding ortho intramolecular Hbond substituents is 2. The van der Waals surface area contributed by atoms with Crippen molar-refractivity contribution in [3.63, 3.8) is 0 Å². The van der Waals surface area contributed by atoms with Crippen molar-refractivity contribution in [2.45, 2.75) is 19.9 Å². The van der Waals surface area contributed by atoms with E-state index in [-0.39, 0.29) is 11.5 Å². The summed E-state index contributed by atoms with van der Waals surface area (Å²) in [5.74, 6) is 1.44. The van der Waals surface area contributed by atoms with Crippen LogP contribution in [0.1, 0.15) is 38.9 Å². The Bertz CT molecular complexity index is 2680. The van der Waals surface area contributed by atoms with Gasteiger partial charge >= 0.3 is 0 Å². The quantitative estimate of drug-likeness (QED) is 0.124. The Hall–Kier alpha value is -5.39. The summed E-state index contributed by atoms with van der Waals surface area (Å²) in [5, 5.41) is 28.1. The summed E-state index contributed by atoms with van der Waals surface area (Å²) in [6.07, 6.45) is 3.96. The molecule has 0 fully saturated rings. The Morgan fingerprint density at radius 2 is 1.20 bits per heavy atom. The lowest BCUT2D eigenvalue weighted by Crippen LogP contribution is -2.14. The van der Waals surface area contributed by atoms with E-state index in [1.165, 1.54) is 12.1 Å². The minimum absolute atomic E-state index is 0.0428. The molecule has 5 N–H and O–H groups in total. The number of rotatable bonds is 5. The van der Waals surface area contributed by atoms with Crippen molar-refractivity contribution >= 4 is 109 Å². The molecule has 0 aliphatic heterocycles. The molecule has 0 aliphatic carbocycles. The second-order valence-corrected chi connectivity index (χ2v) is 15.0. The van der Waals surface area contributed by atoms with E-state index in [1.807, 2.05) is 62.4 Å². The van der Waals surface area contributed by atoms with Gasteiger partial charge in [-0.25, -0.2) is 9.97 Å². The average molecular weight is 908 g/mol. The van der Waals surface area contributed by atoms with E-state index < -0.39 is 6.04 Å². The van der Waals surface area contributed by atoms with E-state index in [0.717, 1.165) is 28.6 Å². The zero-order chi connectivity index (χ0) is 42.6. The Balaban J connectivity index is 0.000000179. The number of aromatic hydroxyl groups is 2. The van der Waals surface area contributed by atoms with E-state index >= 15 is 0 Å². The lowest BCUT2D eigenvalue weighted by atomic mass is 9.96. The number of carbonyl (C=O) groups excluding carboxylic acids is 1. The third kappa shape index (κ3) is 12.1. The number of aromatic nitrogens is 4. The molecule has 15 heteroatoms. The molecule has 8 rings (SSSR count). The SMILES string of the molecule is Cc1cccc(N)n1.Cc1cccc(NC(c2ccc(Cl)c(Cl)c2)c2cc(Cl)c3cccnc3c2O)n1.O=Cc1ccc(Cl)c(Cl)c1.Oc1ccc(Cl)c2cccnc12. The monoisotopic (exact) mass is 904 g/mol. The Morgan fingerprint density at radius 1 is 0.610 bits per heavy atom. The Labute approximate surface area is 370 Å². The van der Waals surface area contributed by atoms with Crippen molar-refractivity contribution < 1.29 is 15.0 Å². The van der Waals surface area contributed by atoms with Crippen LogP contribution < -0.4 is 11.1 Å². The van der Waals surface area contributed by atoms with Gasteiger partial charge in [0.1, 0.15) is 40.5 Å². The summed E-state index contributed by atoms with van der Waals surface area (Å²) in [6, 6.07) is 32.9. The van der Waals surface area contributed by atoms with Crippen LogP contribution in [0, 0.1) is 13.8 Å². The van der Waals surface area contributed by atoms with Gasteiger partial charge < -0.3 is 21.3 Å². The van der Waals surface area contributed by atoms with Gasteiger partial charge in [-0.15, -0.1) is 0 Å². The number of nitrogens with zero attached hydrogens (tertiary/aromatic N) is 4. The molecule has 59 heavy (non-hydrogen) atoms. The highest BCUT2D eigenvalue weighted by Crippen LogP contribution is 2.40. The maximum atomic E-state index is 11.0. The zero-order valence-corrected chi connectivity index (χ0v) is 35.8. The van der Waals surface area contributed by atoms with Crippen LogP contribution >= 0.6 is 69.6 Å². The number of hydrogen-bond acceptors (Lipinski definition) is 9. The number of phenols is 2. The van der Waals surface area contributed by atoms with Gasteiger partial charge in [0.25, 0.3) is 0 Å². The molecule has 0 aliphatic rings.